The lowest BCUT2D eigenvalue weighted by molar-refractivity contribution is 0.578. The Balaban J connectivity index is 2.24. The molecule has 0 unspecified atom stereocenters. The molecule has 1 aromatic heterocycles. The van der Waals surface area contributed by atoms with Gasteiger partial charge in [0.05, 0.1) is 17.3 Å². The molecule has 0 fully saturated rings. The third kappa shape index (κ3) is 2.75. The van der Waals surface area contributed by atoms with E-state index in [2.05, 4.69) is 9.71 Å². The molecule has 0 radical (unpaired) electrons. The van der Waals surface area contributed by atoms with Crippen LogP contribution in [0.15, 0.2) is 29.1 Å². The quantitative estimate of drug-likeness (QED) is 0.798. The zero-order chi connectivity index (χ0) is 12.5. The summed E-state index contributed by atoms with van der Waals surface area (Å²) in [7, 11) is -3.22. The molecule has 0 spiro atoms. The van der Waals surface area contributed by atoms with Crippen LogP contribution in [0.2, 0.25) is 0 Å². The van der Waals surface area contributed by atoms with Gasteiger partial charge < -0.3 is 4.98 Å². The number of nitrogens with zero attached hydrogens (tertiary/aromatic N) is 1. The van der Waals surface area contributed by atoms with E-state index >= 15 is 0 Å². The van der Waals surface area contributed by atoms with Crippen LogP contribution in [0.1, 0.15) is 0 Å². The summed E-state index contributed by atoms with van der Waals surface area (Å²) in [5.41, 5.74) is 1.28. The van der Waals surface area contributed by atoms with Gasteiger partial charge >= 0.3 is 5.69 Å². The number of imidazole rings is 1. The minimum Gasteiger partial charge on any atom is -0.306 e. The maximum atomic E-state index is 11.6. The standard InChI is InChI=1S/C10H13N3O3S/c1-17(15,16)11-6-7-13-9-5-3-2-4-8(9)12-10(13)14/h2-5,11H,6-7H2,1H3,(H,12,14). The highest BCUT2D eigenvalue weighted by Crippen LogP contribution is 2.08. The first kappa shape index (κ1) is 11.9. The molecule has 1 heterocycles. The highest BCUT2D eigenvalue weighted by molar-refractivity contribution is 7.88. The van der Waals surface area contributed by atoms with Crippen LogP contribution in [0.4, 0.5) is 0 Å². The highest BCUT2D eigenvalue weighted by atomic mass is 32.2. The lowest BCUT2D eigenvalue weighted by Crippen LogP contribution is -2.29. The Morgan fingerprint density at radius 2 is 2.06 bits per heavy atom. The average molecular weight is 255 g/mol. The molecule has 1 aromatic carbocycles. The van der Waals surface area contributed by atoms with Gasteiger partial charge in [-0.3, -0.25) is 4.57 Å². The van der Waals surface area contributed by atoms with E-state index in [1.165, 1.54) is 4.57 Å². The number of rotatable bonds is 4. The third-order valence-electron chi connectivity index (χ3n) is 2.38. The Labute approximate surface area is 98.3 Å². The van der Waals surface area contributed by atoms with E-state index in [9.17, 15) is 13.2 Å². The molecular weight excluding hydrogens is 242 g/mol. The smallest absolute Gasteiger partial charge is 0.306 e. The van der Waals surface area contributed by atoms with E-state index in [1.54, 1.807) is 6.07 Å². The van der Waals surface area contributed by atoms with Crippen molar-refractivity contribution in [3.63, 3.8) is 0 Å². The van der Waals surface area contributed by atoms with Crippen molar-refractivity contribution in [2.24, 2.45) is 0 Å². The first-order valence-electron chi connectivity index (χ1n) is 5.09. The number of para-hydroxylation sites is 2. The van der Waals surface area contributed by atoms with Gasteiger partial charge in [0.25, 0.3) is 0 Å². The molecule has 7 heteroatoms. The molecule has 0 saturated heterocycles. The number of sulfonamides is 1. The first-order chi connectivity index (χ1) is 7.97. The summed E-state index contributed by atoms with van der Waals surface area (Å²) in [6, 6.07) is 7.28. The largest absolute Gasteiger partial charge is 0.326 e. The molecule has 6 nitrogen and oxygen atoms in total. The van der Waals surface area contributed by atoms with Crippen molar-refractivity contribution in [2.45, 2.75) is 6.54 Å². The maximum Gasteiger partial charge on any atom is 0.326 e. The van der Waals surface area contributed by atoms with Crippen LogP contribution in [0, 0.1) is 0 Å². The molecule has 0 saturated carbocycles. The monoisotopic (exact) mass is 255 g/mol. The van der Waals surface area contributed by atoms with Gasteiger partial charge in [-0.2, -0.15) is 0 Å². The first-order valence-corrected chi connectivity index (χ1v) is 6.99. The van der Waals surface area contributed by atoms with Gasteiger partial charge in [-0.25, -0.2) is 17.9 Å². The Morgan fingerprint density at radius 3 is 2.76 bits per heavy atom. The van der Waals surface area contributed by atoms with E-state index in [0.29, 0.717) is 6.54 Å². The molecule has 17 heavy (non-hydrogen) atoms. The fraction of sp³-hybridized carbons (Fsp3) is 0.300. The number of hydrogen-bond acceptors (Lipinski definition) is 3. The van der Waals surface area contributed by atoms with E-state index < -0.39 is 10.0 Å². The van der Waals surface area contributed by atoms with E-state index in [1.807, 2.05) is 18.2 Å². The van der Waals surface area contributed by atoms with E-state index in [0.717, 1.165) is 17.3 Å². The minimum absolute atomic E-state index is 0.195. The summed E-state index contributed by atoms with van der Waals surface area (Å²) in [4.78, 5) is 14.3. The van der Waals surface area contributed by atoms with Gasteiger partial charge in [-0.15, -0.1) is 0 Å². The summed E-state index contributed by atoms with van der Waals surface area (Å²) in [5, 5.41) is 0. The van der Waals surface area contributed by atoms with Crippen molar-refractivity contribution < 1.29 is 8.42 Å². The summed E-state index contributed by atoms with van der Waals surface area (Å²) in [6.45, 7) is 0.497. The number of nitrogens with one attached hydrogen (secondary N) is 2. The van der Waals surface area contributed by atoms with Gasteiger partial charge in [0, 0.05) is 13.1 Å². The van der Waals surface area contributed by atoms with Crippen LogP contribution in [0.25, 0.3) is 11.0 Å². The number of H-pyrrole nitrogens is 1. The van der Waals surface area contributed by atoms with E-state index in [-0.39, 0.29) is 12.2 Å². The van der Waals surface area contributed by atoms with Crippen molar-refractivity contribution in [2.75, 3.05) is 12.8 Å². The molecule has 92 valence electrons. The Morgan fingerprint density at radius 1 is 1.35 bits per heavy atom. The summed E-state index contributed by atoms with van der Waals surface area (Å²) in [5.74, 6) is 0. The van der Waals surface area contributed by atoms with Crippen molar-refractivity contribution in [3.05, 3.63) is 34.7 Å². The lowest BCUT2D eigenvalue weighted by Gasteiger charge is -2.03. The second-order valence-electron chi connectivity index (χ2n) is 3.77. The van der Waals surface area contributed by atoms with Crippen LogP contribution in [0.5, 0.6) is 0 Å². The minimum atomic E-state index is -3.22. The molecule has 2 N–H and O–H groups in total. The van der Waals surface area contributed by atoms with Crippen LogP contribution in [0.3, 0.4) is 0 Å². The van der Waals surface area contributed by atoms with Crippen LogP contribution in [-0.4, -0.2) is 30.8 Å². The Hall–Kier alpha value is -1.60. The van der Waals surface area contributed by atoms with E-state index in [4.69, 9.17) is 0 Å². The summed E-state index contributed by atoms with van der Waals surface area (Å²) >= 11 is 0. The van der Waals surface area contributed by atoms with Gasteiger partial charge in [-0.05, 0) is 12.1 Å². The molecule has 2 aromatic rings. The van der Waals surface area contributed by atoms with Crippen molar-refractivity contribution in [3.8, 4) is 0 Å². The maximum absolute atomic E-state index is 11.6. The van der Waals surface area contributed by atoms with Gasteiger partial charge in [-0.1, -0.05) is 12.1 Å². The zero-order valence-electron chi connectivity index (χ0n) is 9.30. The molecule has 2 rings (SSSR count). The lowest BCUT2D eigenvalue weighted by atomic mass is 10.3. The molecule has 0 aliphatic carbocycles. The SMILES string of the molecule is CS(=O)(=O)NCCn1c(=O)[nH]c2ccccc21. The van der Waals surface area contributed by atoms with Gasteiger partial charge in [0.15, 0.2) is 0 Å². The van der Waals surface area contributed by atoms with Crippen LogP contribution < -0.4 is 10.4 Å². The molecule has 0 bridgehead atoms. The second kappa shape index (κ2) is 4.34. The van der Waals surface area contributed by atoms with Gasteiger partial charge in [0.1, 0.15) is 0 Å². The van der Waals surface area contributed by atoms with Gasteiger partial charge in [0.2, 0.25) is 10.0 Å². The summed E-state index contributed by atoms with van der Waals surface area (Å²) < 4.78 is 25.7. The van der Waals surface area contributed by atoms with Crippen LogP contribution >= 0.6 is 0 Å². The number of aromatic nitrogens is 2. The average Bonchev–Trinajstić information content (AvgIpc) is 2.54. The Kier molecular flexibility index (Phi) is 3.03. The molecular formula is C10H13N3O3S. The highest BCUT2D eigenvalue weighted by Gasteiger charge is 2.06. The molecule has 0 aliphatic rings. The number of aromatic amines is 1. The van der Waals surface area contributed by atoms with Crippen molar-refractivity contribution in [1.82, 2.24) is 14.3 Å². The molecule has 0 atom stereocenters. The molecule has 0 aliphatic heterocycles. The fourth-order valence-corrected chi connectivity index (χ4v) is 2.13. The number of benzene rings is 1. The topological polar surface area (TPSA) is 84.0 Å². The number of hydrogen-bond donors (Lipinski definition) is 2. The Bertz CT molecular complexity index is 684. The summed E-state index contributed by atoms with van der Waals surface area (Å²) in [6.07, 6.45) is 1.09. The number of fused-ring (bicyclic) bond motifs is 1. The normalized spacial score (nSPS) is 12.1. The predicted octanol–water partition coefficient (Wildman–Crippen LogP) is -0.121. The van der Waals surface area contributed by atoms with Crippen molar-refractivity contribution >= 4 is 21.1 Å². The zero-order valence-corrected chi connectivity index (χ0v) is 10.1. The molecule has 0 amide bonds. The second-order valence-corrected chi connectivity index (χ2v) is 5.60. The fourth-order valence-electron chi connectivity index (χ4n) is 1.67. The third-order valence-corrected chi connectivity index (χ3v) is 3.11. The van der Waals surface area contributed by atoms with Crippen molar-refractivity contribution in [1.29, 1.82) is 0 Å². The van der Waals surface area contributed by atoms with Crippen LogP contribution in [-0.2, 0) is 16.6 Å². The predicted molar refractivity (Wildman–Crippen MR) is 65.4 cm³/mol.